The molecule has 0 heterocycles. The van der Waals surface area contributed by atoms with Crippen LogP contribution in [0, 0.1) is 10.1 Å². The lowest BCUT2D eigenvalue weighted by Gasteiger charge is -2.18. The molecule has 2 rings (SSSR count). The van der Waals surface area contributed by atoms with Crippen molar-refractivity contribution in [3.8, 4) is 11.1 Å². The topological polar surface area (TPSA) is 80.5 Å². The molecule has 0 fully saturated rings. The van der Waals surface area contributed by atoms with E-state index in [0.29, 0.717) is 18.7 Å². The number of nitro groups is 1. The molecule has 0 bridgehead atoms. The fraction of sp³-hybridized carbons (Fsp3) is 0.250. The molecule has 2 aromatic carbocycles. The summed E-state index contributed by atoms with van der Waals surface area (Å²) in [6, 6.07) is 12.6. The third-order valence-corrected chi connectivity index (χ3v) is 5.65. The van der Waals surface area contributed by atoms with Gasteiger partial charge in [-0.1, -0.05) is 38.1 Å². The van der Waals surface area contributed by atoms with Crippen molar-refractivity contribution in [1.29, 1.82) is 0 Å². The van der Waals surface area contributed by atoms with Gasteiger partial charge in [0.1, 0.15) is 0 Å². The highest BCUT2D eigenvalue weighted by atomic mass is 32.2. The number of hydrogen-bond acceptors (Lipinski definition) is 4. The molecule has 0 atom stereocenters. The van der Waals surface area contributed by atoms with Gasteiger partial charge in [-0.3, -0.25) is 10.1 Å². The lowest BCUT2D eigenvalue weighted by Crippen LogP contribution is -2.30. The van der Waals surface area contributed by atoms with Gasteiger partial charge in [0.25, 0.3) is 5.69 Å². The van der Waals surface area contributed by atoms with Gasteiger partial charge in [0, 0.05) is 25.2 Å². The molecule has 23 heavy (non-hydrogen) atoms. The number of benzene rings is 2. The summed E-state index contributed by atoms with van der Waals surface area (Å²) in [7, 11) is -3.50. The average Bonchev–Trinajstić information content (AvgIpc) is 2.56. The van der Waals surface area contributed by atoms with Gasteiger partial charge in [-0.05, 0) is 23.3 Å². The Morgan fingerprint density at radius 3 is 2.13 bits per heavy atom. The smallest absolute Gasteiger partial charge is 0.258 e. The van der Waals surface area contributed by atoms with E-state index >= 15 is 0 Å². The van der Waals surface area contributed by atoms with Crippen LogP contribution >= 0.6 is 0 Å². The van der Waals surface area contributed by atoms with Gasteiger partial charge in [0.05, 0.1) is 9.82 Å². The maximum absolute atomic E-state index is 12.4. The molecule has 0 unspecified atom stereocenters. The highest BCUT2D eigenvalue weighted by Crippen LogP contribution is 2.25. The summed E-state index contributed by atoms with van der Waals surface area (Å²) < 4.78 is 26.2. The summed E-state index contributed by atoms with van der Waals surface area (Å²) in [4.78, 5) is 10.6. The zero-order chi connectivity index (χ0) is 17.0. The number of non-ortho nitro benzene ring substituents is 1. The first-order chi connectivity index (χ1) is 10.9. The Morgan fingerprint density at radius 2 is 1.61 bits per heavy atom. The summed E-state index contributed by atoms with van der Waals surface area (Å²) in [5, 5.41) is 10.8. The maximum Gasteiger partial charge on any atom is 0.270 e. The van der Waals surface area contributed by atoms with Crippen LogP contribution < -0.4 is 0 Å². The van der Waals surface area contributed by atoms with Crippen molar-refractivity contribution >= 4 is 15.7 Å². The Hall–Kier alpha value is -2.25. The van der Waals surface area contributed by atoms with Crippen LogP contribution in [0.3, 0.4) is 0 Å². The van der Waals surface area contributed by atoms with Crippen molar-refractivity contribution in [3.63, 3.8) is 0 Å². The van der Waals surface area contributed by atoms with Gasteiger partial charge in [0.15, 0.2) is 0 Å². The first kappa shape index (κ1) is 17.1. The minimum Gasteiger partial charge on any atom is -0.258 e. The molecule has 0 N–H and O–H groups in total. The van der Waals surface area contributed by atoms with E-state index in [2.05, 4.69) is 0 Å². The van der Waals surface area contributed by atoms with E-state index in [1.165, 1.54) is 28.6 Å². The van der Waals surface area contributed by atoms with Crippen molar-refractivity contribution in [1.82, 2.24) is 4.31 Å². The van der Waals surface area contributed by atoms with E-state index in [1.807, 2.05) is 0 Å². The molecule has 7 heteroatoms. The monoisotopic (exact) mass is 334 g/mol. The molecule has 2 aromatic rings. The molecule has 0 saturated carbocycles. The number of rotatable bonds is 6. The first-order valence-corrected chi connectivity index (χ1v) is 8.69. The molecule has 0 spiro atoms. The maximum atomic E-state index is 12.4. The second kappa shape index (κ2) is 6.89. The van der Waals surface area contributed by atoms with Crippen LogP contribution in [-0.2, 0) is 10.0 Å². The summed E-state index contributed by atoms with van der Waals surface area (Å²) in [6.07, 6.45) is 0. The Kier molecular flexibility index (Phi) is 5.12. The van der Waals surface area contributed by atoms with Gasteiger partial charge in [-0.25, -0.2) is 8.42 Å². The van der Waals surface area contributed by atoms with Crippen molar-refractivity contribution in [2.45, 2.75) is 18.7 Å². The molecule has 6 nitrogen and oxygen atoms in total. The van der Waals surface area contributed by atoms with Crippen molar-refractivity contribution in [2.24, 2.45) is 0 Å². The molecule has 0 aliphatic heterocycles. The molecule has 0 amide bonds. The van der Waals surface area contributed by atoms with E-state index < -0.39 is 14.9 Å². The highest BCUT2D eigenvalue weighted by Gasteiger charge is 2.21. The number of nitro benzene ring substituents is 1. The SMILES string of the molecule is CCN(CC)S(=O)(=O)c1ccc(-c2cccc([N+](=O)[O-])c2)cc1. The van der Waals surface area contributed by atoms with Gasteiger partial charge in [-0.2, -0.15) is 4.31 Å². The summed E-state index contributed by atoms with van der Waals surface area (Å²) in [5.41, 5.74) is 1.40. The van der Waals surface area contributed by atoms with Gasteiger partial charge >= 0.3 is 0 Å². The Morgan fingerprint density at radius 1 is 1.00 bits per heavy atom. The summed E-state index contributed by atoms with van der Waals surface area (Å²) in [5.74, 6) is 0. The fourth-order valence-corrected chi connectivity index (χ4v) is 3.79. The zero-order valence-corrected chi connectivity index (χ0v) is 13.8. The molecule has 0 aromatic heterocycles. The molecule has 0 aliphatic rings. The van der Waals surface area contributed by atoms with Crippen molar-refractivity contribution in [2.75, 3.05) is 13.1 Å². The fourth-order valence-electron chi connectivity index (χ4n) is 2.33. The molecule has 0 aliphatic carbocycles. The van der Waals surface area contributed by atoms with Crippen LogP contribution in [0.2, 0.25) is 0 Å². The van der Waals surface area contributed by atoms with Crippen molar-refractivity contribution in [3.05, 3.63) is 58.6 Å². The largest absolute Gasteiger partial charge is 0.270 e. The van der Waals surface area contributed by atoms with Crippen LogP contribution in [0.15, 0.2) is 53.4 Å². The average molecular weight is 334 g/mol. The normalized spacial score (nSPS) is 11.6. The van der Waals surface area contributed by atoms with Gasteiger partial charge < -0.3 is 0 Å². The Bertz CT molecular complexity index is 797. The van der Waals surface area contributed by atoms with E-state index in [9.17, 15) is 18.5 Å². The number of hydrogen-bond donors (Lipinski definition) is 0. The van der Waals surface area contributed by atoms with Crippen LogP contribution in [0.25, 0.3) is 11.1 Å². The molecule has 0 radical (unpaired) electrons. The van der Waals surface area contributed by atoms with Gasteiger partial charge in [0.2, 0.25) is 10.0 Å². The molecule has 122 valence electrons. The predicted molar refractivity (Wildman–Crippen MR) is 88.6 cm³/mol. The third-order valence-electron chi connectivity index (χ3n) is 3.59. The van der Waals surface area contributed by atoms with E-state index in [0.717, 1.165) is 5.56 Å². The van der Waals surface area contributed by atoms with Gasteiger partial charge in [-0.15, -0.1) is 0 Å². The predicted octanol–water partition coefficient (Wildman–Crippen LogP) is 3.29. The van der Waals surface area contributed by atoms with E-state index in [4.69, 9.17) is 0 Å². The number of sulfonamides is 1. The van der Waals surface area contributed by atoms with Crippen LogP contribution in [0.1, 0.15) is 13.8 Å². The van der Waals surface area contributed by atoms with Crippen LogP contribution in [0.4, 0.5) is 5.69 Å². The van der Waals surface area contributed by atoms with E-state index in [1.54, 1.807) is 38.1 Å². The second-order valence-electron chi connectivity index (χ2n) is 4.92. The summed E-state index contributed by atoms with van der Waals surface area (Å²) >= 11 is 0. The molecular weight excluding hydrogens is 316 g/mol. The minimum atomic E-state index is -3.50. The van der Waals surface area contributed by atoms with E-state index in [-0.39, 0.29) is 10.6 Å². The molecule has 0 saturated heterocycles. The summed E-state index contributed by atoms with van der Waals surface area (Å²) in [6.45, 7) is 4.40. The Balaban J connectivity index is 2.37. The first-order valence-electron chi connectivity index (χ1n) is 7.25. The van der Waals surface area contributed by atoms with Crippen LogP contribution in [0.5, 0.6) is 0 Å². The Labute approximate surface area is 135 Å². The lowest BCUT2D eigenvalue weighted by atomic mass is 10.1. The quantitative estimate of drug-likeness (QED) is 0.599. The van der Waals surface area contributed by atoms with Crippen molar-refractivity contribution < 1.29 is 13.3 Å². The third kappa shape index (κ3) is 3.57. The lowest BCUT2D eigenvalue weighted by molar-refractivity contribution is -0.384. The standard InChI is InChI=1S/C16H18N2O4S/c1-3-17(4-2)23(21,22)16-10-8-13(9-11-16)14-6-5-7-15(12-14)18(19)20/h5-12H,3-4H2,1-2H3. The number of nitrogens with zero attached hydrogens (tertiary/aromatic N) is 2. The molecular formula is C16H18N2O4S. The zero-order valence-electron chi connectivity index (χ0n) is 13.0. The minimum absolute atomic E-state index is 0.00217. The van der Waals surface area contributed by atoms with Crippen LogP contribution in [-0.4, -0.2) is 30.7 Å². The highest BCUT2D eigenvalue weighted by molar-refractivity contribution is 7.89. The second-order valence-corrected chi connectivity index (χ2v) is 6.86.